The number of benzene rings is 1. The maximum Gasteiger partial charge on any atom is 0.416 e. The number of aromatic amines is 1. The van der Waals surface area contributed by atoms with E-state index in [1.54, 1.807) is 0 Å². The molecule has 0 saturated carbocycles. The van der Waals surface area contributed by atoms with Crippen molar-refractivity contribution in [1.82, 2.24) is 9.97 Å². The Morgan fingerprint density at radius 2 is 1.95 bits per heavy atom. The molecule has 0 amide bonds. The fourth-order valence-corrected chi connectivity index (χ4v) is 1.71. The van der Waals surface area contributed by atoms with Gasteiger partial charge in [-0.3, -0.25) is 4.79 Å². The average Bonchev–Trinajstić information content (AvgIpc) is 2.36. The molecule has 0 aliphatic heterocycles. The monoisotopic (exact) mass is 323 g/mol. The van der Waals surface area contributed by atoms with E-state index < -0.39 is 17.3 Å². The molecule has 9 heteroatoms. The van der Waals surface area contributed by atoms with E-state index in [0.29, 0.717) is 0 Å². The van der Waals surface area contributed by atoms with Crippen molar-refractivity contribution in [3.8, 4) is 0 Å². The first kappa shape index (κ1) is 14.7. The predicted molar refractivity (Wildman–Crippen MR) is 69.6 cm³/mol. The average molecular weight is 324 g/mol. The smallest absolute Gasteiger partial charge is 0.338 e. The summed E-state index contributed by atoms with van der Waals surface area (Å²) in [6.45, 7) is 0. The number of halogens is 5. The van der Waals surface area contributed by atoms with Crippen molar-refractivity contribution >= 4 is 34.7 Å². The molecule has 1 aromatic carbocycles. The number of anilines is 2. The van der Waals surface area contributed by atoms with E-state index in [0.717, 1.165) is 24.5 Å². The second-order valence-corrected chi connectivity index (χ2v) is 4.50. The third kappa shape index (κ3) is 3.05. The van der Waals surface area contributed by atoms with Crippen molar-refractivity contribution in [2.75, 3.05) is 5.32 Å². The minimum absolute atomic E-state index is 0.0381. The summed E-state index contributed by atoms with van der Waals surface area (Å²) < 4.78 is 37.8. The number of alkyl halides is 3. The van der Waals surface area contributed by atoms with Crippen molar-refractivity contribution in [3.63, 3.8) is 0 Å². The number of H-pyrrole nitrogens is 1. The highest BCUT2D eigenvalue weighted by Gasteiger charge is 2.31. The van der Waals surface area contributed by atoms with E-state index in [1.165, 1.54) is 0 Å². The Bertz CT molecular complexity index is 700. The summed E-state index contributed by atoms with van der Waals surface area (Å²) >= 11 is 11.5. The molecule has 20 heavy (non-hydrogen) atoms. The van der Waals surface area contributed by atoms with E-state index in [9.17, 15) is 18.0 Å². The number of rotatable bonds is 2. The maximum absolute atomic E-state index is 12.6. The number of hydrogen-bond donors (Lipinski definition) is 2. The standard InChI is InChI=1S/C11H6Cl2F3N3O/c12-6-2-1-5(11(14,15)16)3-7(6)19-9-8(13)10(20)18-4-17-9/h1-4H,(H2,17,18,19,20). The summed E-state index contributed by atoms with van der Waals surface area (Å²) in [5.74, 6) is -0.0864. The van der Waals surface area contributed by atoms with Gasteiger partial charge in [-0.15, -0.1) is 0 Å². The van der Waals surface area contributed by atoms with Crippen LogP contribution < -0.4 is 10.9 Å². The van der Waals surface area contributed by atoms with Crippen LogP contribution in [0.5, 0.6) is 0 Å². The zero-order chi connectivity index (χ0) is 14.9. The number of aromatic nitrogens is 2. The summed E-state index contributed by atoms with van der Waals surface area (Å²) in [5.41, 5.74) is -1.56. The number of nitrogens with one attached hydrogen (secondary N) is 2. The van der Waals surface area contributed by atoms with Crippen LogP contribution in [0, 0.1) is 0 Å². The molecule has 2 rings (SSSR count). The maximum atomic E-state index is 12.6. The van der Waals surface area contributed by atoms with Crippen LogP contribution >= 0.6 is 23.2 Å². The molecule has 4 nitrogen and oxygen atoms in total. The molecule has 0 aliphatic carbocycles. The predicted octanol–water partition coefficient (Wildman–Crippen LogP) is 3.84. The largest absolute Gasteiger partial charge is 0.416 e. The van der Waals surface area contributed by atoms with Crippen LogP contribution in [0.3, 0.4) is 0 Å². The molecular formula is C11H6Cl2F3N3O. The lowest BCUT2D eigenvalue weighted by Crippen LogP contribution is -2.10. The molecule has 0 aliphatic rings. The molecule has 0 spiro atoms. The van der Waals surface area contributed by atoms with Crippen LogP contribution in [0.25, 0.3) is 0 Å². The molecule has 0 fully saturated rings. The topological polar surface area (TPSA) is 57.8 Å². The normalized spacial score (nSPS) is 11.4. The zero-order valence-electron chi connectivity index (χ0n) is 9.55. The summed E-state index contributed by atoms with van der Waals surface area (Å²) in [6.07, 6.45) is -3.44. The highest BCUT2D eigenvalue weighted by atomic mass is 35.5. The molecule has 0 bridgehead atoms. The van der Waals surface area contributed by atoms with Gasteiger partial charge in [0, 0.05) is 0 Å². The molecule has 1 heterocycles. The molecule has 1 aromatic heterocycles. The van der Waals surface area contributed by atoms with Gasteiger partial charge in [0.2, 0.25) is 0 Å². The first-order valence-electron chi connectivity index (χ1n) is 5.16. The van der Waals surface area contributed by atoms with Crippen LogP contribution in [0.15, 0.2) is 29.3 Å². The zero-order valence-corrected chi connectivity index (χ0v) is 11.1. The molecular weight excluding hydrogens is 318 g/mol. The van der Waals surface area contributed by atoms with E-state index in [4.69, 9.17) is 23.2 Å². The molecule has 0 atom stereocenters. The molecule has 0 unspecified atom stereocenters. The van der Waals surface area contributed by atoms with Crippen LogP contribution in [-0.4, -0.2) is 9.97 Å². The van der Waals surface area contributed by atoms with Crippen molar-refractivity contribution in [3.05, 3.63) is 50.5 Å². The first-order chi connectivity index (χ1) is 9.29. The van der Waals surface area contributed by atoms with Crippen molar-refractivity contribution in [2.45, 2.75) is 6.18 Å². The second-order valence-electron chi connectivity index (χ2n) is 3.71. The molecule has 0 saturated heterocycles. The summed E-state index contributed by atoms with van der Waals surface area (Å²) in [5, 5.41) is 2.26. The van der Waals surface area contributed by atoms with Gasteiger partial charge in [-0.25, -0.2) is 4.98 Å². The minimum atomic E-state index is -4.51. The van der Waals surface area contributed by atoms with Crippen LogP contribution in [0.2, 0.25) is 10.0 Å². The lowest BCUT2D eigenvalue weighted by atomic mass is 10.2. The fraction of sp³-hybridized carbons (Fsp3) is 0.0909. The van der Waals surface area contributed by atoms with Crippen molar-refractivity contribution in [2.24, 2.45) is 0 Å². The fourth-order valence-electron chi connectivity index (χ4n) is 1.40. The van der Waals surface area contributed by atoms with Crippen molar-refractivity contribution < 1.29 is 13.2 Å². The summed E-state index contributed by atoms with van der Waals surface area (Å²) in [6, 6.07) is 2.75. The van der Waals surface area contributed by atoms with E-state index >= 15 is 0 Å². The number of hydrogen-bond acceptors (Lipinski definition) is 3. The van der Waals surface area contributed by atoms with Gasteiger partial charge in [-0.2, -0.15) is 13.2 Å². The van der Waals surface area contributed by atoms with Gasteiger partial charge in [-0.1, -0.05) is 23.2 Å². The van der Waals surface area contributed by atoms with Gasteiger partial charge in [0.25, 0.3) is 5.56 Å². The Kier molecular flexibility index (Phi) is 3.92. The second kappa shape index (κ2) is 5.34. The quantitative estimate of drug-likeness (QED) is 0.882. The first-order valence-corrected chi connectivity index (χ1v) is 5.91. The lowest BCUT2D eigenvalue weighted by Gasteiger charge is -2.12. The Morgan fingerprint density at radius 1 is 1.25 bits per heavy atom. The Morgan fingerprint density at radius 3 is 2.60 bits per heavy atom. The van der Waals surface area contributed by atoms with Gasteiger partial charge < -0.3 is 10.3 Å². The van der Waals surface area contributed by atoms with Gasteiger partial charge in [-0.05, 0) is 18.2 Å². The Labute approximate surface area is 120 Å². The van der Waals surface area contributed by atoms with E-state index in [2.05, 4.69) is 15.3 Å². The van der Waals surface area contributed by atoms with Gasteiger partial charge in [0.1, 0.15) is 5.02 Å². The van der Waals surface area contributed by atoms with E-state index in [1.807, 2.05) is 0 Å². The van der Waals surface area contributed by atoms with Gasteiger partial charge >= 0.3 is 6.18 Å². The number of nitrogens with zero attached hydrogens (tertiary/aromatic N) is 1. The third-order valence-corrected chi connectivity index (χ3v) is 3.02. The Balaban J connectivity index is 2.43. The minimum Gasteiger partial charge on any atom is -0.338 e. The van der Waals surface area contributed by atoms with Crippen molar-refractivity contribution in [1.29, 1.82) is 0 Å². The Hall–Kier alpha value is -1.73. The molecule has 106 valence electrons. The molecule has 2 N–H and O–H groups in total. The summed E-state index contributed by atoms with van der Waals surface area (Å²) in [7, 11) is 0. The highest BCUT2D eigenvalue weighted by molar-refractivity contribution is 6.34. The highest BCUT2D eigenvalue weighted by Crippen LogP contribution is 2.35. The van der Waals surface area contributed by atoms with E-state index in [-0.39, 0.29) is 21.6 Å². The van der Waals surface area contributed by atoms with Crippen LogP contribution in [-0.2, 0) is 6.18 Å². The van der Waals surface area contributed by atoms with Gasteiger partial charge in [0.15, 0.2) is 5.82 Å². The lowest BCUT2D eigenvalue weighted by molar-refractivity contribution is -0.137. The summed E-state index contributed by atoms with van der Waals surface area (Å²) in [4.78, 5) is 17.2. The molecule has 2 aromatic rings. The van der Waals surface area contributed by atoms with Crippen LogP contribution in [0.1, 0.15) is 5.56 Å². The third-order valence-electron chi connectivity index (χ3n) is 2.34. The molecule has 0 radical (unpaired) electrons. The SMILES string of the molecule is O=c1[nH]cnc(Nc2cc(C(F)(F)F)ccc2Cl)c1Cl. The van der Waals surface area contributed by atoms with Crippen LogP contribution in [0.4, 0.5) is 24.7 Å². The van der Waals surface area contributed by atoms with Gasteiger partial charge in [0.05, 0.1) is 22.6 Å².